The molecule has 1 fully saturated rings. The molecule has 1 aromatic rings. The summed E-state index contributed by atoms with van der Waals surface area (Å²) in [6.07, 6.45) is -0.115. The molecule has 1 heterocycles. The predicted octanol–water partition coefficient (Wildman–Crippen LogP) is 0.0141. The van der Waals surface area contributed by atoms with E-state index in [4.69, 9.17) is 10.5 Å². The maximum Gasteiger partial charge on any atom is 0.317 e. The van der Waals surface area contributed by atoms with Crippen molar-refractivity contribution >= 4 is 11.9 Å². The van der Waals surface area contributed by atoms with E-state index in [1.165, 1.54) is 0 Å². The quantitative estimate of drug-likeness (QED) is 0.773. The Morgan fingerprint density at radius 2 is 2.13 bits per heavy atom. The largest absolute Gasteiger partial charge is 0.373 e. The van der Waals surface area contributed by atoms with Crippen LogP contribution in [0.15, 0.2) is 30.3 Å². The second-order valence-electron chi connectivity index (χ2n) is 5.75. The minimum atomic E-state index is -0.374. The van der Waals surface area contributed by atoms with Crippen molar-refractivity contribution in [3.63, 3.8) is 0 Å². The molecular weight excluding hydrogens is 296 g/mol. The standard InChI is InChI=1S/C16H24N4O3/c1-19(12-15(17)21)10-14-11-20(7-8-23-14)16(22)18-9-13-5-3-2-4-6-13/h2-6,14H,7-12H2,1H3,(H2,17,21)(H,18,22)/t14-/m0/s1. The van der Waals surface area contributed by atoms with Crippen molar-refractivity contribution in [1.29, 1.82) is 0 Å². The van der Waals surface area contributed by atoms with E-state index in [-0.39, 0.29) is 24.6 Å². The van der Waals surface area contributed by atoms with Crippen molar-refractivity contribution in [2.24, 2.45) is 5.73 Å². The molecule has 3 N–H and O–H groups in total. The fourth-order valence-corrected chi connectivity index (χ4v) is 2.58. The molecule has 0 unspecified atom stereocenters. The molecule has 1 saturated heterocycles. The van der Waals surface area contributed by atoms with Gasteiger partial charge >= 0.3 is 6.03 Å². The summed E-state index contributed by atoms with van der Waals surface area (Å²) >= 11 is 0. The van der Waals surface area contributed by atoms with E-state index >= 15 is 0 Å². The highest BCUT2D eigenvalue weighted by Gasteiger charge is 2.25. The van der Waals surface area contributed by atoms with Gasteiger partial charge in [-0.05, 0) is 12.6 Å². The van der Waals surface area contributed by atoms with Gasteiger partial charge in [0, 0.05) is 26.2 Å². The van der Waals surface area contributed by atoms with E-state index in [1.807, 2.05) is 37.4 Å². The second-order valence-corrected chi connectivity index (χ2v) is 5.75. The van der Waals surface area contributed by atoms with E-state index in [9.17, 15) is 9.59 Å². The first-order valence-electron chi connectivity index (χ1n) is 7.69. The number of nitrogens with zero attached hydrogens (tertiary/aromatic N) is 2. The normalized spacial score (nSPS) is 18.0. The fraction of sp³-hybridized carbons (Fsp3) is 0.500. The predicted molar refractivity (Wildman–Crippen MR) is 86.7 cm³/mol. The first-order valence-corrected chi connectivity index (χ1v) is 7.69. The van der Waals surface area contributed by atoms with E-state index in [0.29, 0.717) is 32.8 Å². The molecule has 0 radical (unpaired) electrons. The monoisotopic (exact) mass is 320 g/mol. The maximum absolute atomic E-state index is 12.3. The Morgan fingerprint density at radius 1 is 1.39 bits per heavy atom. The summed E-state index contributed by atoms with van der Waals surface area (Å²) in [5.74, 6) is -0.374. The van der Waals surface area contributed by atoms with Crippen molar-refractivity contribution < 1.29 is 14.3 Å². The molecule has 23 heavy (non-hydrogen) atoms. The van der Waals surface area contributed by atoms with E-state index in [2.05, 4.69) is 5.32 Å². The number of urea groups is 1. The van der Waals surface area contributed by atoms with Gasteiger partial charge in [-0.25, -0.2) is 4.79 Å². The van der Waals surface area contributed by atoms with Crippen molar-refractivity contribution in [2.45, 2.75) is 12.6 Å². The lowest BCUT2D eigenvalue weighted by Gasteiger charge is -2.34. The Morgan fingerprint density at radius 3 is 2.83 bits per heavy atom. The lowest BCUT2D eigenvalue weighted by atomic mass is 10.2. The highest BCUT2D eigenvalue weighted by Crippen LogP contribution is 2.07. The molecule has 3 amide bonds. The molecule has 1 aliphatic rings. The number of morpholine rings is 1. The number of rotatable bonds is 6. The molecule has 7 nitrogen and oxygen atoms in total. The first-order chi connectivity index (χ1) is 11.0. The van der Waals surface area contributed by atoms with E-state index in [1.54, 1.807) is 9.80 Å². The van der Waals surface area contributed by atoms with Crippen LogP contribution >= 0.6 is 0 Å². The number of amides is 3. The van der Waals surface area contributed by atoms with Crippen LogP contribution in [0.4, 0.5) is 4.79 Å². The number of hydrogen-bond acceptors (Lipinski definition) is 4. The van der Waals surface area contributed by atoms with Crippen LogP contribution < -0.4 is 11.1 Å². The maximum atomic E-state index is 12.3. The Hall–Kier alpha value is -2.12. The lowest BCUT2D eigenvalue weighted by Crippen LogP contribution is -2.52. The van der Waals surface area contributed by atoms with Crippen molar-refractivity contribution in [3.05, 3.63) is 35.9 Å². The summed E-state index contributed by atoms with van der Waals surface area (Å²) < 4.78 is 5.66. The van der Waals surface area contributed by atoms with Gasteiger partial charge in [0.25, 0.3) is 0 Å². The van der Waals surface area contributed by atoms with Crippen LogP contribution in [0.25, 0.3) is 0 Å². The Kier molecular flexibility index (Phi) is 6.37. The topological polar surface area (TPSA) is 87.9 Å². The van der Waals surface area contributed by atoms with Crippen LogP contribution in [0.3, 0.4) is 0 Å². The summed E-state index contributed by atoms with van der Waals surface area (Å²) in [6, 6.07) is 9.68. The smallest absolute Gasteiger partial charge is 0.317 e. The van der Waals surface area contributed by atoms with Crippen molar-refractivity contribution in [1.82, 2.24) is 15.1 Å². The summed E-state index contributed by atoms with van der Waals surface area (Å²) in [4.78, 5) is 26.7. The summed E-state index contributed by atoms with van der Waals surface area (Å²) in [6.45, 7) is 2.81. The Bertz CT molecular complexity index is 523. The van der Waals surface area contributed by atoms with E-state index < -0.39 is 0 Å². The van der Waals surface area contributed by atoms with Crippen LogP contribution in [-0.2, 0) is 16.1 Å². The van der Waals surface area contributed by atoms with Crippen LogP contribution in [0.2, 0.25) is 0 Å². The molecule has 1 atom stereocenters. The van der Waals surface area contributed by atoms with Gasteiger partial charge in [0.1, 0.15) is 0 Å². The van der Waals surface area contributed by atoms with Crippen LogP contribution in [0.5, 0.6) is 0 Å². The van der Waals surface area contributed by atoms with Gasteiger partial charge in [-0.2, -0.15) is 0 Å². The molecule has 1 aromatic carbocycles. The van der Waals surface area contributed by atoms with Gasteiger partial charge in [-0.3, -0.25) is 9.69 Å². The fourth-order valence-electron chi connectivity index (χ4n) is 2.58. The third kappa shape index (κ3) is 5.88. The zero-order valence-electron chi connectivity index (χ0n) is 13.4. The molecule has 0 spiro atoms. The number of likely N-dealkylation sites (N-methyl/N-ethyl adjacent to an activating group) is 1. The van der Waals surface area contributed by atoms with Gasteiger partial charge in [0.15, 0.2) is 0 Å². The molecule has 0 bridgehead atoms. The third-order valence-electron chi connectivity index (χ3n) is 3.65. The molecule has 0 aliphatic carbocycles. The SMILES string of the molecule is CN(CC(N)=O)C[C@H]1CN(C(=O)NCc2ccccc2)CCO1. The average Bonchev–Trinajstić information content (AvgIpc) is 2.53. The number of nitrogens with one attached hydrogen (secondary N) is 1. The third-order valence-corrected chi connectivity index (χ3v) is 3.65. The Balaban J connectivity index is 1.78. The molecule has 1 aliphatic heterocycles. The number of primary amides is 1. The highest BCUT2D eigenvalue weighted by molar-refractivity contribution is 5.76. The minimum absolute atomic E-state index is 0.0975. The van der Waals surface area contributed by atoms with Gasteiger partial charge in [0.05, 0.1) is 19.3 Å². The molecule has 0 aromatic heterocycles. The van der Waals surface area contributed by atoms with Gasteiger partial charge in [-0.1, -0.05) is 30.3 Å². The lowest BCUT2D eigenvalue weighted by molar-refractivity contribution is -0.119. The van der Waals surface area contributed by atoms with Gasteiger partial charge in [0.2, 0.25) is 5.91 Å². The van der Waals surface area contributed by atoms with Crippen molar-refractivity contribution in [3.8, 4) is 0 Å². The molecule has 7 heteroatoms. The molecular formula is C16H24N4O3. The first kappa shape index (κ1) is 17.2. The zero-order valence-corrected chi connectivity index (χ0v) is 13.4. The number of ether oxygens (including phenoxy) is 1. The molecule has 0 saturated carbocycles. The van der Waals surface area contributed by atoms with Crippen LogP contribution in [0, 0.1) is 0 Å². The summed E-state index contributed by atoms with van der Waals surface area (Å²) in [5, 5.41) is 2.92. The minimum Gasteiger partial charge on any atom is -0.373 e. The van der Waals surface area contributed by atoms with Gasteiger partial charge in [-0.15, -0.1) is 0 Å². The molecule has 126 valence electrons. The number of nitrogens with two attached hydrogens (primary N) is 1. The number of carbonyl (C=O) groups excluding carboxylic acids is 2. The average molecular weight is 320 g/mol. The number of benzene rings is 1. The number of carbonyl (C=O) groups is 2. The highest BCUT2D eigenvalue weighted by atomic mass is 16.5. The Labute approximate surface area is 136 Å². The second kappa shape index (κ2) is 8.50. The van der Waals surface area contributed by atoms with Crippen molar-refractivity contribution in [2.75, 3.05) is 39.8 Å². The molecule has 2 rings (SSSR count). The van der Waals surface area contributed by atoms with Crippen LogP contribution in [0.1, 0.15) is 5.56 Å². The van der Waals surface area contributed by atoms with Crippen LogP contribution in [-0.4, -0.2) is 67.7 Å². The van der Waals surface area contributed by atoms with E-state index in [0.717, 1.165) is 5.56 Å². The van der Waals surface area contributed by atoms with Gasteiger partial charge < -0.3 is 20.7 Å². The number of hydrogen-bond donors (Lipinski definition) is 2. The summed E-state index contributed by atoms with van der Waals surface area (Å²) in [7, 11) is 1.81. The zero-order chi connectivity index (χ0) is 16.7. The summed E-state index contributed by atoms with van der Waals surface area (Å²) in [5.41, 5.74) is 6.23.